The van der Waals surface area contributed by atoms with Crippen molar-refractivity contribution in [1.29, 1.82) is 0 Å². The predicted molar refractivity (Wildman–Crippen MR) is 84.4 cm³/mol. The number of hydrogen-bond donors (Lipinski definition) is 1. The molecule has 2 aromatic rings. The van der Waals surface area contributed by atoms with Crippen LogP contribution in [0.25, 0.3) is 11.3 Å². The molecule has 3 rings (SSSR count). The molecule has 21 heavy (non-hydrogen) atoms. The smallest absolute Gasteiger partial charge is 0.253 e. The van der Waals surface area contributed by atoms with Crippen molar-refractivity contribution in [2.45, 2.75) is 32.6 Å². The van der Waals surface area contributed by atoms with E-state index in [2.05, 4.69) is 55.3 Å². The average Bonchev–Trinajstić information content (AvgIpc) is 2.46. The van der Waals surface area contributed by atoms with Gasteiger partial charge < -0.3 is 5.32 Å². The van der Waals surface area contributed by atoms with Crippen molar-refractivity contribution in [2.24, 2.45) is 0 Å². The Morgan fingerprint density at radius 2 is 1.76 bits per heavy atom. The second kappa shape index (κ2) is 4.99. The van der Waals surface area contributed by atoms with Crippen LogP contribution >= 0.6 is 0 Å². The quantitative estimate of drug-likeness (QED) is 0.870. The van der Waals surface area contributed by atoms with Gasteiger partial charge in [0.05, 0.1) is 17.0 Å². The van der Waals surface area contributed by atoms with Crippen LogP contribution in [0.1, 0.15) is 42.4 Å². The highest BCUT2D eigenvalue weighted by Gasteiger charge is 2.18. The molecule has 1 aromatic heterocycles. The van der Waals surface area contributed by atoms with Gasteiger partial charge in [-0.15, -0.1) is 0 Å². The molecule has 1 aromatic carbocycles. The van der Waals surface area contributed by atoms with Crippen molar-refractivity contribution < 1.29 is 4.79 Å². The molecule has 0 spiro atoms. The van der Waals surface area contributed by atoms with Crippen molar-refractivity contribution in [3.05, 3.63) is 53.2 Å². The highest BCUT2D eigenvalue weighted by atomic mass is 16.1. The van der Waals surface area contributed by atoms with Gasteiger partial charge in [-0.25, -0.2) is 0 Å². The number of fused-ring (bicyclic) bond motifs is 1. The molecule has 0 saturated heterocycles. The van der Waals surface area contributed by atoms with Gasteiger partial charge in [-0.1, -0.05) is 45.0 Å². The monoisotopic (exact) mass is 280 g/mol. The fourth-order valence-electron chi connectivity index (χ4n) is 2.59. The zero-order valence-electron chi connectivity index (χ0n) is 12.7. The number of benzene rings is 1. The molecule has 3 nitrogen and oxygen atoms in total. The van der Waals surface area contributed by atoms with Crippen LogP contribution in [0.5, 0.6) is 0 Å². The number of rotatable bonds is 1. The number of hydrogen-bond acceptors (Lipinski definition) is 2. The molecule has 3 heteroatoms. The van der Waals surface area contributed by atoms with E-state index in [4.69, 9.17) is 0 Å². The van der Waals surface area contributed by atoms with Gasteiger partial charge in [-0.3, -0.25) is 9.78 Å². The van der Waals surface area contributed by atoms with Gasteiger partial charge in [-0.05, 0) is 23.1 Å². The first-order valence-corrected chi connectivity index (χ1v) is 7.34. The molecule has 0 atom stereocenters. The van der Waals surface area contributed by atoms with Crippen molar-refractivity contribution in [1.82, 2.24) is 10.3 Å². The third-order valence-electron chi connectivity index (χ3n) is 3.91. The standard InChI is InChI=1S/C18H20N2O/c1-18(2,3)13-6-4-12(5-7-13)15-9-8-14-16(20-15)10-11-19-17(14)21/h4-9H,10-11H2,1-3H3,(H,19,21). The maximum Gasteiger partial charge on any atom is 0.253 e. The maximum absolute atomic E-state index is 11.7. The molecule has 0 bridgehead atoms. The summed E-state index contributed by atoms with van der Waals surface area (Å²) in [5.74, 6) is -0.0154. The third kappa shape index (κ3) is 2.68. The summed E-state index contributed by atoms with van der Waals surface area (Å²) in [5, 5.41) is 2.84. The Hall–Kier alpha value is -2.16. The van der Waals surface area contributed by atoms with Gasteiger partial charge >= 0.3 is 0 Å². The van der Waals surface area contributed by atoms with E-state index in [9.17, 15) is 4.79 Å². The largest absolute Gasteiger partial charge is 0.352 e. The minimum Gasteiger partial charge on any atom is -0.352 e. The van der Waals surface area contributed by atoms with Crippen molar-refractivity contribution in [2.75, 3.05) is 6.54 Å². The molecule has 1 aliphatic rings. The van der Waals surface area contributed by atoms with E-state index in [0.29, 0.717) is 12.1 Å². The minimum absolute atomic E-state index is 0.0154. The zero-order chi connectivity index (χ0) is 15.0. The predicted octanol–water partition coefficient (Wildman–Crippen LogP) is 3.33. The first-order valence-electron chi connectivity index (χ1n) is 7.34. The van der Waals surface area contributed by atoms with E-state index >= 15 is 0 Å². The third-order valence-corrected chi connectivity index (χ3v) is 3.91. The Balaban J connectivity index is 1.96. The SMILES string of the molecule is CC(C)(C)c1ccc(-c2ccc3c(n2)CCNC3=O)cc1. The number of nitrogens with one attached hydrogen (secondary N) is 1. The number of pyridine rings is 1. The van der Waals surface area contributed by atoms with Crippen LogP contribution < -0.4 is 5.32 Å². The summed E-state index contributed by atoms with van der Waals surface area (Å²) >= 11 is 0. The van der Waals surface area contributed by atoms with Crippen molar-refractivity contribution in [3.63, 3.8) is 0 Å². The van der Waals surface area contributed by atoms with E-state index in [1.54, 1.807) is 0 Å². The van der Waals surface area contributed by atoms with Gasteiger partial charge in [0, 0.05) is 18.5 Å². The van der Waals surface area contributed by atoms with Crippen LogP contribution in [0, 0.1) is 0 Å². The first kappa shape index (κ1) is 13.8. The van der Waals surface area contributed by atoms with Crippen LogP contribution in [-0.2, 0) is 11.8 Å². The Labute approximate surface area is 125 Å². The number of carbonyl (C=O) groups is 1. The summed E-state index contributed by atoms with van der Waals surface area (Å²) in [5.41, 5.74) is 5.09. The Kier molecular flexibility index (Phi) is 3.28. The lowest BCUT2D eigenvalue weighted by molar-refractivity contribution is 0.0945. The lowest BCUT2D eigenvalue weighted by atomic mass is 9.86. The molecular weight excluding hydrogens is 260 g/mol. The van der Waals surface area contributed by atoms with Crippen LogP contribution in [0.2, 0.25) is 0 Å². The molecule has 0 aliphatic carbocycles. The summed E-state index contributed by atoms with van der Waals surface area (Å²) in [4.78, 5) is 16.4. The van der Waals surface area contributed by atoms with Crippen molar-refractivity contribution >= 4 is 5.91 Å². The van der Waals surface area contributed by atoms with E-state index in [1.165, 1.54) is 5.56 Å². The molecule has 1 amide bonds. The number of carbonyl (C=O) groups excluding carboxylic acids is 1. The number of amides is 1. The molecule has 0 radical (unpaired) electrons. The van der Waals surface area contributed by atoms with Crippen LogP contribution in [-0.4, -0.2) is 17.4 Å². The van der Waals surface area contributed by atoms with Crippen LogP contribution in [0.4, 0.5) is 0 Å². The van der Waals surface area contributed by atoms with Gasteiger partial charge in [0.1, 0.15) is 0 Å². The summed E-state index contributed by atoms with van der Waals surface area (Å²) in [6.45, 7) is 7.29. The van der Waals surface area contributed by atoms with Gasteiger partial charge in [0.15, 0.2) is 0 Å². The molecule has 1 aliphatic heterocycles. The van der Waals surface area contributed by atoms with E-state index in [1.807, 2.05) is 12.1 Å². The summed E-state index contributed by atoms with van der Waals surface area (Å²) in [6, 6.07) is 12.3. The maximum atomic E-state index is 11.7. The van der Waals surface area contributed by atoms with Gasteiger partial charge in [0.25, 0.3) is 5.91 Å². The highest BCUT2D eigenvalue weighted by Crippen LogP contribution is 2.26. The fourth-order valence-corrected chi connectivity index (χ4v) is 2.59. The first-order chi connectivity index (χ1) is 9.95. The second-order valence-corrected chi connectivity index (χ2v) is 6.52. The van der Waals surface area contributed by atoms with E-state index in [0.717, 1.165) is 23.4 Å². The van der Waals surface area contributed by atoms with E-state index < -0.39 is 0 Å². The zero-order valence-corrected chi connectivity index (χ0v) is 12.7. The average molecular weight is 280 g/mol. The molecule has 108 valence electrons. The number of aromatic nitrogens is 1. The minimum atomic E-state index is -0.0154. The van der Waals surface area contributed by atoms with Crippen molar-refractivity contribution in [3.8, 4) is 11.3 Å². The molecule has 1 N–H and O–H groups in total. The van der Waals surface area contributed by atoms with Crippen LogP contribution in [0.15, 0.2) is 36.4 Å². The Morgan fingerprint density at radius 1 is 1.05 bits per heavy atom. The molecule has 0 saturated carbocycles. The Morgan fingerprint density at radius 3 is 2.43 bits per heavy atom. The van der Waals surface area contributed by atoms with Crippen LogP contribution in [0.3, 0.4) is 0 Å². The lowest BCUT2D eigenvalue weighted by Crippen LogP contribution is -2.32. The summed E-state index contributed by atoms with van der Waals surface area (Å²) in [6.07, 6.45) is 0.801. The van der Waals surface area contributed by atoms with Gasteiger partial charge in [0.2, 0.25) is 0 Å². The molecule has 0 fully saturated rings. The summed E-state index contributed by atoms with van der Waals surface area (Å²) < 4.78 is 0. The molecule has 0 unspecified atom stereocenters. The second-order valence-electron chi connectivity index (χ2n) is 6.52. The summed E-state index contributed by atoms with van der Waals surface area (Å²) in [7, 11) is 0. The Bertz CT molecular complexity index is 681. The number of nitrogens with zero attached hydrogens (tertiary/aromatic N) is 1. The topological polar surface area (TPSA) is 42.0 Å². The van der Waals surface area contributed by atoms with E-state index in [-0.39, 0.29) is 11.3 Å². The molecular formula is C18H20N2O. The molecule has 2 heterocycles. The lowest BCUT2D eigenvalue weighted by Gasteiger charge is -2.19. The van der Waals surface area contributed by atoms with Gasteiger partial charge in [-0.2, -0.15) is 0 Å². The highest BCUT2D eigenvalue weighted by molar-refractivity contribution is 5.96. The normalized spacial score (nSPS) is 14.5. The fraction of sp³-hybridized carbons (Fsp3) is 0.333.